The molecule has 0 aliphatic carbocycles. The fraction of sp³-hybridized carbons (Fsp3) is 0.200. The molecule has 2 heterocycles. The van der Waals surface area contributed by atoms with Gasteiger partial charge in [0.15, 0.2) is 11.5 Å². The average Bonchev–Trinajstić information content (AvgIpc) is 3.38. The van der Waals surface area contributed by atoms with E-state index in [1.807, 2.05) is 51.1 Å². The Morgan fingerprint density at radius 1 is 1.03 bits per heavy atom. The summed E-state index contributed by atoms with van der Waals surface area (Å²) >= 11 is 3.41. The number of carbonyl (C=O) groups excluding carboxylic acids is 2. The van der Waals surface area contributed by atoms with Crippen molar-refractivity contribution in [3.63, 3.8) is 0 Å². The third kappa shape index (κ3) is 4.91. The molecule has 0 saturated carbocycles. The number of hydrogen-bond acceptors (Lipinski definition) is 6. The van der Waals surface area contributed by atoms with Crippen molar-refractivity contribution in [2.24, 2.45) is 0 Å². The lowest BCUT2D eigenvalue weighted by Gasteiger charge is -2.29. The first-order valence-corrected chi connectivity index (χ1v) is 12.8. The quantitative estimate of drug-likeness (QED) is 0.244. The predicted molar refractivity (Wildman–Crippen MR) is 146 cm³/mol. The number of fused-ring (bicyclic) bond motifs is 1. The van der Waals surface area contributed by atoms with Crippen LogP contribution in [0.5, 0.6) is 11.5 Å². The standard InChI is InChI=1S/C30H26BrNO6/c1-30(2,3)38-23-7-5-4-6-18(23)16-32-26(17-8-11-21(33)12-9-17)25(28(35)29(32)36)27(34)24-15-19-14-20(31)10-13-22(19)37-24/h4-15,26,33,35H,16H2,1-3H3. The van der Waals surface area contributed by atoms with Gasteiger partial charge in [0.25, 0.3) is 5.91 Å². The molecule has 1 aliphatic rings. The molecule has 2 N–H and O–H groups in total. The van der Waals surface area contributed by atoms with Crippen molar-refractivity contribution in [1.82, 2.24) is 4.90 Å². The Bertz CT molecular complexity index is 1580. The zero-order chi connectivity index (χ0) is 27.2. The van der Waals surface area contributed by atoms with Crippen LogP contribution in [0.3, 0.4) is 0 Å². The molecule has 0 fully saturated rings. The van der Waals surface area contributed by atoms with E-state index in [0.29, 0.717) is 22.3 Å². The van der Waals surface area contributed by atoms with Gasteiger partial charge in [-0.3, -0.25) is 9.59 Å². The van der Waals surface area contributed by atoms with Crippen molar-refractivity contribution < 1.29 is 29.0 Å². The summed E-state index contributed by atoms with van der Waals surface area (Å²) in [6.07, 6.45) is 0. The molecule has 1 unspecified atom stereocenters. The Morgan fingerprint density at radius 2 is 1.74 bits per heavy atom. The SMILES string of the molecule is CC(C)(C)Oc1ccccc1CN1C(=O)C(O)=C(C(=O)c2cc3cc(Br)ccc3o2)C1c1ccc(O)cc1. The van der Waals surface area contributed by atoms with Gasteiger partial charge in [0.2, 0.25) is 5.78 Å². The molecule has 38 heavy (non-hydrogen) atoms. The smallest absolute Gasteiger partial charge is 0.290 e. The van der Waals surface area contributed by atoms with E-state index in [9.17, 15) is 19.8 Å². The molecule has 8 heteroatoms. The lowest BCUT2D eigenvalue weighted by atomic mass is 9.94. The molecule has 194 valence electrons. The van der Waals surface area contributed by atoms with Gasteiger partial charge < -0.3 is 24.3 Å². The minimum atomic E-state index is -0.918. The first kappa shape index (κ1) is 25.6. The van der Waals surface area contributed by atoms with E-state index in [1.165, 1.54) is 17.0 Å². The minimum absolute atomic E-state index is 0.00884. The molecule has 1 aromatic heterocycles. The average molecular weight is 576 g/mol. The number of benzene rings is 3. The Morgan fingerprint density at radius 3 is 2.45 bits per heavy atom. The Labute approximate surface area is 228 Å². The van der Waals surface area contributed by atoms with E-state index in [1.54, 1.807) is 30.3 Å². The van der Waals surface area contributed by atoms with Crippen LogP contribution < -0.4 is 4.74 Å². The van der Waals surface area contributed by atoms with Crippen LogP contribution >= 0.6 is 15.9 Å². The highest BCUT2D eigenvalue weighted by Gasteiger charge is 2.44. The van der Waals surface area contributed by atoms with Crippen molar-refractivity contribution >= 4 is 38.6 Å². The Balaban J connectivity index is 1.58. The summed E-state index contributed by atoms with van der Waals surface area (Å²) < 4.78 is 12.7. The maximum Gasteiger partial charge on any atom is 0.290 e. The number of aliphatic hydroxyl groups excluding tert-OH is 1. The molecule has 0 radical (unpaired) electrons. The monoisotopic (exact) mass is 575 g/mol. The van der Waals surface area contributed by atoms with Crippen LogP contribution in [-0.4, -0.2) is 32.4 Å². The number of ketones is 1. The van der Waals surface area contributed by atoms with Crippen molar-refractivity contribution in [2.75, 3.05) is 0 Å². The molecule has 0 spiro atoms. The summed E-state index contributed by atoms with van der Waals surface area (Å²) in [6, 6.07) is 19.6. The van der Waals surface area contributed by atoms with Crippen LogP contribution in [0.25, 0.3) is 11.0 Å². The number of rotatable bonds is 6. The van der Waals surface area contributed by atoms with E-state index in [4.69, 9.17) is 9.15 Å². The molecular formula is C30H26BrNO6. The van der Waals surface area contributed by atoms with Crippen LogP contribution in [0.4, 0.5) is 0 Å². The van der Waals surface area contributed by atoms with Gasteiger partial charge in [-0.2, -0.15) is 0 Å². The number of ether oxygens (including phenoxy) is 1. The third-order valence-electron chi connectivity index (χ3n) is 6.19. The number of aromatic hydroxyl groups is 1. The lowest BCUT2D eigenvalue weighted by Crippen LogP contribution is -2.31. The van der Waals surface area contributed by atoms with Gasteiger partial charge in [-0.15, -0.1) is 0 Å². The number of halogens is 1. The molecule has 1 atom stereocenters. The molecule has 3 aromatic carbocycles. The zero-order valence-corrected chi connectivity index (χ0v) is 22.7. The van der Waals surface area contributed by atoms with Gasteiger partial charge >= 0.3 is 0 Å². The normalized spacial score (nSPS) is 15.9. The second-order valence-corrected chi connectivity index (χ2v) is 11.0. The van der Waals surface area contributed by atoms with Crippen molar-refractivity contribution in [3.05, 3.63) is 105 Å². The number of para-hydroxylation sites is 1. The number of hydrogen-bond donors (Lipinski definition) is 2. The molecule has 4 aromatic rings. The Hall–Kier alpha value is -4.04. The van der Waals surface area contributed by atoms with Crippen molar-refractivity contribution in [2.45, 2.75) is 39.0 Å². The third-order valence-corrected chi connectivity index (χ3v) is 6.68. The van der Waals surface area contributed by atoms with Crippen molar-refractivity contribution in [3.8, 4) is 11.5 Å². The molecule has 7 nitrogen and oxygen atoms in total. The first-order valence-electron chi connectivity index (χ1n) is 12.1. The maximum absolute atomic E-state index is 13.8. The number of carbonyl (C=O) groups is 2. The van der Waals surface area contributed by atoms with Crippen LogP contribution in [0.1, 0.15) is 48.5 Å². The number of Topliss-reactive ketones (excluding diaryl/α,β-unsaturated/α-hetero) is 1. The van der Waals surface area contributed by atoms with Gasteiger partial charge in [-0.05, 0) is 68.8 Å². The minimum Gasteiger partial charge on any atom is -0.508 e. The Kier molecular flexibility index (Phi) is 6.53. The second-order valence-electron chi connectivity index (χ2n) is 10.1. The fourth-order valence-corrected chi connectivity index (χ4v) is 4.94. The summed E-state index contributed by atoms with van der Waals surface area (Å²) in [7, 11) is 0. The summed E-state index contributed by atoms with van der Waals surface area (Å²) in [5.74, 6) is -1.27. The number of aliphatic hydroxyl groups is 1. The van der Waals surface area contributed by atoms with Gasteiger partial charge in [0.1, 0.15) is 22.7 Å². The molecule has 1 amide bonds. The van der Waals surface area contributed by atoms with Gasteiger partial charge in [0, 0.05) is 15.4 Å². The summed E-state index contributed by atoms with van der Waals surface area (Å²) in [6.45, 7) is 5.87. The fourth-order valence-electron chi connectivity index (χ4n) is 4.56. The molecule has 1 aliphatic heterocycles. The van der Waals surface area contributed by atoms with Crippen LogP contribution in [0.15, 0.2) is 93.0 Å². The molecule has 5 rings (SSSR count). The van der Waals surface area contributed by atoms with Crippen LogP contribution in [0, 0.1) is 0 Å². The van der Waals surface area contributed by atoms with Gasteiger partial charge in [0.05, 0.1) is 18.2 Å². The zero-order valence-electron chi connectivity index (χ0n) is 21.1. The molecule has 0 saturated heterocycles. The molecule has 0 bridgehead atoms. The number of furan rings is 1. The first-order chi connectivity index (χ1) is 18.0. The number of phenolic OH excluding ortho intramolecular Hbond substituents is 1. The number of nitrogens with zero attached hydrogens (tertiary/aromatic N) is 1. The topological polar surface area (TPSA) is 100 Å². The summed E-state index contributed by atoms with van der Waals surface area (Å²) in [5, 5.41) is 21.6. The van der Waals surface area contributed by atoms with E-state index in [2.05, 4.69) is 15.9 Å². The van der Waals surface area contributed by atoms with Gasteiger partial charge in [-0.1, -0.05) is 46.3 Å². The molecular weight excluding hydrogens is 550 g/mol. The van der Waals surface area contributed by atoms with Crippen LogP contribution in [-0.2, 0) is 11.3 Å². The van der Waals surface area contributed by atoms with Crippen molar-refractivity contribution in [1.29, 1.82) is 0 Å². The largest absolute Gasteiger partial charge is 0.508 e. The number of amides is 1. The highest BCUT2D eigenvalue weighted by atomic mass is 79.9. The van der Waals surface area contributed by atoms with Crippen LogP contribution in [0.2, 0.25) is 0 Å². The predicted octanol–water partition coefficient (Wildman–Crippen LogP) is 6.86. The van der Waals surface area contributed by atoms with E-state index < -0.39 is 29.1 Å². The summed E-state index contributed by atoms with van der Waals surface area (Å²) in [4.78, 5) is 28.7. The highest BCUT2D eigenvalue weighted by molar-refractivity contribution is 9.10. The second kappa shape index (κ2) is 9.68. The van der Waals surface area contributed by atoms with E-state index in [-0.39, 0.29) is 23.6 Å². The van der Waals surface area contributed by atoms with E-state index in [0.717, 1.165) is 10.0 Å². The van der Waals surface area contributed by atoms with Gasteiger partial charge in [-0.25, -0.2) is 0 Å². The van der Waals surface area contributed by atoms with E-state index >= 15 is 0 Å². The highest BCUT2D eigenvalue weighted by Crippen LogP contribution is 2.42. The summed E-state index contributed by atoms with van der Waals surface area (Å²) in [5.41, 5.74) is 1.21. The maximum atomic E-state index is 13.8. The lowest BCUT2D eigenvalue weighted by molar-refractivity contribution is -0.130. The number of phenols is 1.